The average Bonchev–Trinajstić information content (AvgIpc) is 1.01. The van der Waals surface area contributed by atoms with Crippen LogP contribution in [-0.4, -0.2) is 49.3 Å². The largest absolute Gasteiger partial charge is 0.472 e. The highest BCUT2D eigenvalue weighted by Gasteiger charge is 2.26. The van der Waals surface area contributed by atoms with E-state index in [-0.39, 0.29) is 38.6 Å². The second-order valence-corrected chi connectivity index (χ2v) is 32.6. The maximum Gasteiger partial charge on any atom is 0.472 e. The number of phosphoric ester groups is 1. The molecule has 101 heavy (non-hydrogen) atoms. The van der Waals surface area contributed by atoms with Gasteiger partial charge < -0.3 is 20.1 Å². The van der Waals surface area contributed by atoms with E-state index in [2.05, 4.69) is 50.3 Å². The van der Waals surface area contributed by atoms with Crippen molar-refractivity contribution in [1.82, 2.24) is 0 Å². The number of carbonyl (C=O) groups is 2. The Hall–Kier alpha value is -1.77. The molecule has 0 aliphatic rings. The first-order chi connectivity index (χ1) is 49.8. The van der Waals surface area contributed by atoms with Gasteiger partial charge in [-0.25, -0.2) is 4.57 Å². The molecular formula is C91H176NO8P. The number of phosphoric acid groups is 1. The Bertz CT molecular complexity index is 1750. The van der Waals surface area contributed by atoms with Crippen LogP contribution in [-0.2, 0) is 32.7 Å². The molecule has 0 aliphatic heterocycles. The third kappa shape index (κ3) is 87.0. The minimum atomic E-state index is -4.40. The van der Waals surface area contributed by atoms with Crippen LogP contribution >= 0.6 is 7.82 Å². The Kier molecular flexibility index (Phi) is 85.6. The third-order valence-corrected chi connectivity index (χ3v) is 22.0. The Morgan fingerprint density at radius 2 is 0.515 bits per heavy atom. The molecule has 0 spiro atoms. The summed E-state index contributed by atoms with van der Waals surface area (Å²) >= 11 is 0. The quantitative estimate of drug-likeness (QED) is 0.0264. The predicted octanol–water partition coefficient (Wildman–Crippen LogP) is 30.9. The Morgan fingerprint density at radius 1 is 0.297 bits per heavy atom. The van der Waals surface area contributed by atoms with Crippen molar-refractivity contribution in [3.8, 4) is 0 Å². The van der Waals surface area contributed by atoms with Crippen LogP contribution in [0, 0.1) is 0 Å². The Labute approximate surface area is 630 Å². The molecule has 0 fully saturated rings. The number of rotatable bonds is 88. The van der Waals surface area contributed by atoms with Crippen molar-refractivity contribution in [2.24, 2.45) is 5.73 Å². The maximum atomic E-state index is 12.8. The van der Waals surface area contributed by atoms with Gasteiger partial charge in [0.25, 0.3) is 0 Å². The molecule has 0 aromatic rings. The lowest BCUT2D eigenvalue weighted by molar-refractivity contribution is -0.161. The van der Waals surface area contributed by atoms with E-state index in [0.29, 0.717) is 6.42 Å². The van der Waals surface area contributed by atoms with E-state index in [4.69, 9.17) is 24.3 Å². The van der Waals surface area contributed by atoms with Crippen LogP contribution < -0.4 is 5.73 Å². The molecule has 0 saturated heterocycles. The van der Waals surface area contributed by atoms with Gasteiger partial charge in [0.1, 0.15) is 6.61 Å². The van der Waals surface area contributed by atoms with Crippen molar-refractivity contribution in [2.75, 3.05) is 26.4 Å². The van der Waals surface area contributed by atoms with Crippen LogP contribution in [0.1, 0.15) is 502 Å². The second kappa shape index (κ2) is 87.1. The van der Waals surface area contributed by atoms with Gasteiger partial charge in [-0.05, 0) is 70.6 Å². The summed E-state index contributed by atoms with van der Waals surface area (Å²) in [6, 6.07) is 0. The number of nitrogens with two attached hydrogens (primary N) is 1. The maximum absolute atomic E-state index is 12.8. The zero-order valence-corrected chi connectivity index (χ0v) is 68.8. The monoisotopic (exact) mass is 1440 g/mol. The first-order valence-electron chi connectivity index (χ1n) is 45.5. The van der Waals surface area contributed by atoms with Gasteiger partial charge in [0.2, 0.25) is 0 Å². The van der Waals surface area contributed by atoms with Crippen LogP contribution in [0.3, 0.4) is 0 Å². The van der Waals surface area contributed by atoms with Gasteiger partial charge in [-0.1, -0.05) is 455 Å². The summed E-state index contributed by atoms with van der Waals surface area (Å²) in [5.74, 6) is -0.796. The Balaban J connectivity index is 3.68. The lowest BCUT2D eigenvalue weighted by atomic mass is 10.0. The van der Waals surface area contributed by atoms with Gasteiger partial charge in [-0.2, -0.15) is 0 Å². The van der Waals surface area contributed by atoms with E-state index >= 15 is 0 Å². The van der Waals surface area contributed by atoms with E-state index in [1.807, 2.05) is 0 Å². The number of hydrogen-bond acceptors (Lipinski definition) is 8. The van der Waals surface area contributed by atoms with Crippen molar-refractivity contribution in [1.29, 1.82) is 0 Å². The SMILES string of the molecule is CCCCCCC/C=C\C/C=C\CCCCCCCCCCCCCCCCCCCCCCCCCCCCCC(=O)OC(COC(=O)CCCCCCCCCCCCCCCCCCCCCCCCCCCCCCC/C=C\CCCCCCCCCC)COP(=O)(O)OCCN. The molecule has 2 atom stereocenters. The van der Waals surface area contributed by atoms with Gasteiger partial charge in [0.05, 0.1) is 13.2 Å². The van der Waals surface area contributed by atoms with Gasteiger partial charge in [0, 0.05) is 19.4 Å². The van der Waals surface area contributed by atoms with E-state index in [0.717, 1.165) is 38.5 Å². The highest BCUT2D eigenvalue weighted by atomic mass is 31.2. The zero-order chi connectivity index (χ0) is 72.9. The van der Waals surface area contributed by atoms with Crippen LogP contribution in [0.2, 0.25) is 0 Å². The summed E-state index contributed by atoms with van der Waals surface area (Å²) in [5.41, 5.74) is 5.43. The fraction of sp³-hybridized carbons (Fsp3) is 0.912. The molecule has 0 aromatic carbocycles. The number of esters is 2. The number of unbranched alkanes of at least 4 members (excludes halogenated alkanes) is 69. The highest BCUT2D eigenvalue weighted by Crippen LogP contribution is 2.43. The topological polar surface area (TPSA) is 134 Å². The lowest BCUT2D eigenvalue weighted by Gasteiger charge is -2.19. The average molecular weight is 1440 g/mol. The van der Waals surface area contributed by atoms with E-state index < -0.39 is 26.5 Å². The first kappa shape index (κ1) is 99.2. The highest BCUT2D eigenvalue weighted by molar-refractivity contribution is 7.47. The third-order valence-electron chi connectivity index (χ3n) is 21.0. The molecule has 9 nitrogen and oxygen atoms in total. The van der Waals surface area contributed by atoms with Gasteiger partial charge in [0.15, 0.2) is 6.10 Å². The van der Waals surface area contributed by atoms with E-state index in [1.54, 1.807) is 0 Å². The Morgan fingerprint density at radius 3 is 0.762 bits per heavy atom. The summed E-state index contributed by atoms with van der Waals surface area (Å²) in [6.45, 7) is 3.83. The van der Waals surface area contributed by atoms with Crippen molar-refractivity contribution in [3.05, 3.63) is 36.5 Å². The second-order valence-electron chi connectivity index (χ2n) is 31.2. The molecular weight excluding hydrogens is 1270 g/mol. The number of hydrogen-bond donors (Lipinski definition) is 2. The van der Waals surface area contributed by atoms with Crippen LogP contribution in [0.4, 0.5) is 0 Å². The summed E-state index contributed by atoms with van der Waals surface area (Å²) in [5, 5.41) is 0. The fourth-order valence-corrected chi connectivity index (χ4v) is 15.0. The van der Waals surface area contributed by atoms with Crippen molar-refractivity contribution in [3.63, 3.8) is 0 Å². The number of carbonyl (C=O) groups excluding carboxylic acids is 2. The first-order valence-corrected chi connectivity index (χ1v) is 47.0. The van der Waals surface area contributed by atoms with Crippen LogP contribution in [0.5, 0.6) is 0 Å². The molecule has 0 radical (unpaired) electrons. The molecule has 0 aromatic heterocycles. The minimum Gasteiger partial charge on any atom is -0.462 e. The van der Waals surface area contributed by atoms with Gasteiger partial charge >= 0.3 is 19.8 Å². The molecule has 0 heterocycles. The van der Waals surface area contributed by atoms with Crippen molar-refractivity contribution >= 4 is 19.8 Å². The van der Waals surface area contributed by atoms with Gasteiger partial charge in [-0.15, -0.1) is 0 Å². The zero-order valence-electron chi connectivity index (χ0n) is 67.9. The smallest absolute Gasteiger partial charge is 0.462 e. The molecule has 3 N–H and O–H groups in total. The van der Waals surface area contributed by atoms with Crippen molar-refractivity contribution < 1.29 is 37.6 Å². The van der Waals surface area contributed by atoms with Crippen molar-refractivity contribution in [2.45, 2.75) is 508 Å². The summed E-state index contributed by atoms with van der Waals surface area (Å²) in [6.07, 6.45) is 114. The summed E-state index contributed by atoms with van der Waals surface area (Å²) < 4.78 is 33.4. The normalized spacial score (nSPS) is 12.9. The number of allylic oxidation sites excluding steroid dienone is 6. The molecule has 598 valence electrons. The van der Waals surface area contributed by atoms with Gasteiger partial charge in [-0.3, -0.25) is 18.6 Å². The lowest BCUT2D eigenvalue weighted by Crippen LogP contribution is -2.29. The van der Waals surface area contributed by atoms with Crippen LogP contribution in [0.25, 0.3) is 0 Å². The molecule has 0 bridgehead atoms. The van der Waals surface area contributed by atoms with Crippen LogP contribution in [0.15, 0.2) is 36.5 Å². The number of ether oxygens (including phenoxy) is 2. The minimum absolute atomic E-state index is 0.0573. The van der Waals surface area contributed by atoms with E-state index in [1.165, 1.54) is 430 Å². The summed E-state index contributed by atoms with van der Waals surface area (Å²) in [7, 11) is -4.40. The standard InChI is InChI=1S/C91H176NO8P/c1-3-5-7-9-11-13-15-17-19-21-23-25-27-29-31-33-35-37-39-41-43-44-46-47-49-51-53-55-57-59-61-63-65-67-69-71-73-75-77-79-81-83-90(93)97-87-89(88-99-101(95,96)98-86-85-92)100-91(94)84-82-80-78-76-74-72-70-68-66-64-62-60-58-56-54-52-50-48-45-42-40-38-36-34-32-30-28-26-24-22-20-18-16-14-12-10-8-6-4-2/h16,18,21-24,89H,3-15,17,19-20,25-88,92H2,1-2H3,(H,95,96)/b18-16-,23-21-,24-22-. The fourth-order valence-electron chi connectivity index (χ4n) is 14.3. The van der Waals surface area contributed by atoms with E-state index in [9.17, 15) is 19.0 Å². The predicted molar refractivity (Wildman–Crippen MR) is 441 cm³/mol. The molecule has 10 heteroatoms. The molecule has 2 unspecified atom stereocenters. The molecule has 0 saturated carbocycles. The molecule has 0 amide bonds. The summed E-state index contributed by atoms with van der Waals surface area (Å²) in [4.78, 5) is 35.5. The molecule has 0 aliphatic carbocycles. The molecule has 0 rings (SSSR count).